The lowest BCUT2D eigenvalue weighted by Gasteiger charge is -2.26. The molecule has 0 bridgehead atoms. The number of sulfonamides is 1. The molecule has 1 fully saturated rings. The van der Waals surface area contributed by atoms with E-state index in [0.29, 0.717) is 26.0 Å². The topological polar surface area (TPSA) is 72.9 Å². The van der Waals surface area contributed by atoms with Crippen LogP contribution in [-0.2, 0) is 24.3 Å². The summed E-state index contributed by atoms with van der Waals surface area (Å²) in [5, 5.41) is 0. The second-order valence-corrected chi connectivity index (χ2v) is 7.86. The lowest BCUT2D eigenvalue weighted by Crippen LogP contribution is -2.44. The molecule has 0 aromatic rings. The standard InChI is InChI=1S/C13H25NO5S/c1-5-18-9-10-20(16,17)14-8-6-7-11(14)12(15)19-13(2,3)4/h11H,5-10H2,1-4H3/t11-/m0/s1. The van der Waals surface area contributed by atoms with Gasteiger partial charge in [0.15, 0.2) is 0 Å². The Morgan fingerprint density at radius 1 is 1.35 bits per heavy atom. The minimum atomic E-state index is -3.47. The minimum Gasteiger partial charge on any atom is -0.459 e. The summed E-state index contributed by atoms with van der Waals surface area (Å²) in [6.07, 6.45) is 1.19. The van der Waals surface area contributed by atoms with Crippen molar-refractivity contribution in [3.63, 3.8) is 0 Å². The molecule has 20 heavy (non-hydrogen) atoms. The Kier molecular flexibility index (Phi) is 5.97. The predicted octanol–water partition coefficient (Wildman–Crippen LogP) is 1.16. The molecular formula is C13H25NO5S. The third kappa shape index (κ3) is 5.03. The summed E-state index contributed by atoms with van der Waals surface area (Å²) in [6.45, 7) is 8.13. The van der Waals surface area contributed by atoms with Crippen molar-refractivity contribution in [2.75, 3.05) is 25.5 Å². The van der Waals surface area contributed by atoms with E-state index in [2.05, 4.69) is 0 Å². The van der Waals surface area contributed by atoms with Crippen LogP contribution in [0.15, 0.2) is 0 Å². The van der Waals surface area contributed by atoms with Crippen LogP contribution in [0, 0.1) is 0 Å². The number of esters is 1. The zero-order valence-corrected chi connectivity index (χ0v) is 13.5. The molecule has 1 aliphatic heterocycles. The summed E-state index contributed by atoms with van der Waals surface area (Å²) >= 11 is 0. The van der Waals surface area contributed by atoms with Gasteiger partial charge in [0.2, 0.25) is 10.0 Å². The van der Waals surface area contributed by atoms with Crippen molar-refractivity contribution in [2.24, 2.45) is 0 Å². The van der Waals surface area contributed by atoms with Gasteiger partial charge < -0.3 is 9.47 Å². The van der Waals surface area contributed by atoms with Crippen LogP contribution in [-0.4, -0.2) is 55.8 Å². The van der Waals surface area contributed by atoms with Crippen molar-refractivity contribution in [1.82, 2.24) is 4.31 Å². The van der Waals surface area contributed by atoms with Gasteiger partial charge in [-0.3, -0.25) is 4.79 Å². The Bertz CT molecular complexity index is 427. The van der Waals surface area contributed by atoms with Crippen molar-refractivity contribution in [3.05, 3.63) is 0 Å². The van der Waals surface area contributed by atoms with Gasteiger partial charge in [-0.05, 0) is 40.5 Å². The smallest absolute Gasteiger partial charge is 0.324 e. The van der Waals surface area contributed by atoms with Crippen LogP contribution in [0.5, 0.6) is 0 Å². The summed E-state index contributed by atoms with van der Waals surface area (Å²) in [7, 11) is -3.47. The Morgan fingerprint density at radius 2 is 2.00 bits per heavy atom. The normalized spacial score (nSPS) is 21.1. The monoisotopic (exact) mass is 307 g/mol. The first-order valence-electron chi connectivity index (χ1n) is 6.97. The SMILES string of the molecule is CCOCCS(=O)(=O)N1CCC[C@H]1C(=O)OC(C)(C)C. The van der Waals surface area contributed by atoms with Gasteiger partial charge in [-0.2, -0.15) is 4.31 Å². The maximum absolute atomic E-state index is 12.2. The van der Waals surface area contributed by atoms with Crippen LogP contribution >= 0.6 is 0 Å². The van der Waals surface area contributed by atoms with Crippen molar-refractivity contribution in [3.8, 4) is 0 Å². The maximum atomic E-state index is 12.2. The second-order valence-electron chi connectivity index (χ2n) is 5.82. The van der Waals surface area contributed by atoms with Gasteiger partial charge in [-0.1, -0.05) is 0 Å². The molecule has 1 rings (SSSR count). The highest BCUT2D eigenvalue weighted by Crippen LogP contribution is 2.24. The largest absolute Gasteiger partial charge is 0.459 e. The molecule has 1 aliphatic rings. The molecule has 0 aliphatic carbocycles. The van der Waals surface area contributed by atoms with Crippen LogP contribution in [0.1, 0.15) is 40.5 Å². The first-order valence-corrected chi connectivity index (χ1v) is 8.58. The maximum Gasteiger partial charge on any atom is 0.324 e. The van der Waals surface area contributed by atoms with E-state index >= 15 is 0 Å². The third-order valence-electron chi connectivity index (χ3n) is 2.93. The number of ether oxygens (including phenoxy) is 2. The van der Waals surface area contributed by atoms with Crippen LogP contribution < -0.4 is 0 Å². The first-order chi connectivity index (χ1) is 9.17. The molecule has 0 aromatic carbocycles. The summed E-state index contributed by atoms with van der Waals surface area (Å²) in [6, 6.07) is -0.694. The van der Waals surface area contributed by atoms with E-state index in [-0.39, 0.29) is 12.4 Å². The van der Waals surface area contributed by atoms with E-state index in [1.165, 1.54) is 4.31 Å². The van der Waals surface area contributed by atoms with Gasteiger partial charge in [-0.25, -0.2) is 8.42 Å². The van der Waals surface area contributed by atoms with Crippen molar-refractivity contribution < 1.29 is 22.7 Å². The molecule has 0 spiro atoms. The molecule has 0 saturated carbocycles. The number of carbonyl (C=O) groups is 1. The molecule has 7 heteroatoms. The molecule has 1 saturated heterocycles. The molecule has 0 amide bonds. The molecule has 1 heterocycles. The number of hydrogen-bond acceptors (Lipinski definition) is 5. The number of nitrogens with zero attached hydrogens (tertiary/aromatic N) is 1. The molecule has 0 aromatic heterocycles. The quantitative estimate of drug-likeness (QED) is 0.544. The van der Waals surface area contributed by atoms with E-state index in [9.17, 15) is 13.2 Å². The second kappa shape index (κ2) is 6.87. The van der Waals surface area contributed by atoms with Crippen molar-refractivity contribution in [1.29, 1.82) is 0 Å². The highest BCUT2D eigenvalue weighted by atomic mass is 32.2. The molecule has 0 radical (unpaired) electrons. The van der Waals surface area contributed by atoms with E-state index in [1.54, 1.807) is 20.8 Å². The summed E-state index contributed by atoms with van der Waals surface area (Å²) in [4.78, 5) is 12.1. The van der Waals surface area contributed by atoms with E-state index in [4.69, 9.17) is 9.47 Å². The highest BCUT2D eigenvalue weighted by molar-refractivity contribution is 7.89. The number of carbonyl (C=O) groups excluding carboxylic acids is 1. The first kappa shape index (κ1) is 17.4. The average Bonchev–Trinajstić information content (AvgIpc) is 2.76. The van der Waals surface area contributed by atoms with E-state index < -0.39 is 27.6 Å². The Hall–Kier alpha value is -0.660. The summed E-state index contributed by atoms with van der Waals surface area (Å²) < 4.78 is 36.1. The minimum absolute atomic E-state index is 0.0971. The average molecular weight is 307 g/mol. The molecule has 1 atom stereocenters. The van der Waals surface area contributed by atoms with E-state index in [1.807, 2.05) is 6.92 Å². The lowest BCUT2D eigenvalue weighted by molar-refractivity contribution is -0.158. The third-order valence-corrected chi connectivity index (χ3v) is 4.76. The van der Waals surface area contributed by atoms with Gasteiger partial charge in [0.25, 0.3) is 0 Å². The molecule has 6 nitrogen and oxygen atoms in total. The molecule has 0 unspecified atom stereocenters. The fourth-order valence-electron chi connectivity index (χ4n) is 2.10. The van der Waals surface area contributed by atoms with Crippen molar-refractivity contribution >= 4 is 16.0 Å². The predicted molar refractivity (Wildman–Crippen MR) is 75.9 cm³/mol. The van der Waals surface area contributed by atoms with Crippen LogP contribution in [0.3, 0.4) is 0 Å². The zero-order valence-electron chi connectivity index (χ0n) is 12.7. The van der Waals surface area contributed by atoms with Crippen molar-refractivity contribution in [2.45, 2.75) is 52.2 Å². The summed E-state index contributed by atoms with van der Waals surface area (Å²) in [5.74, 6) is -0.560. The fourth-order valence-corrected chi connectivity index (χ4v) is 3.65. The lowest BCUT2D eigenvalue weighted by atomic mass is 10.2. The zero-order chi connectivity index (χ0) is 15.4. The number of rotatable bonds is 6. The molecular weight excluding hydrogens is 282 g/mol. The van der Waals surface area contributed by atoms with Crippen LogP contribution in [0.25, 0.3) is 0 Å². The fraction of sp³-hybridized carbons (Fsp3) is 0.923. The number of hydrogen-bond donors (Lipinski definition) is 0. The Labute approximate surface area is 121 Å². The van der Waals surface area contributed by atoms with Gasteiger partial charge in [0.05, 0.1) is 12.4 Å². The van der Waals surface area contributed by atoms with E-state index in [0.717, 1.165) is 0 Å². The van der Waals surface area contributed by atoms with Gasteiger partial charge >= 0.3 is 5.97 Å². The Morgan fingerprint density at radius 3 is 2.55 bits per heavy atom. The Balaban J connectivity index is 2.71. The van der Waals surface area contributed by atoms with Gasteiger partial charge in [0.1, 0.15) is 11.6 Å². The van der Waals surface area contributed by atoms with Crippen LogP contribution in [0.4, 0.5) is 0 Å². The van der Waals surface area contributed by atoms with Crippen LogP contribution in [0.2, 0.25) is 0 Å². The highest BCUT2D eigenvalue weighted by Gasteiger charge is 2.40. The van der Waals surface area contributed by atoms with Gasteiger partial charge in [-0.15, -0.1) is 0 Å². The van der Waals surface area contributed by atoms with Gasteiger partial charge in [0, 0.05) is 13.2 Å². The molecule has 118 valence electrons. The molecule has 0 N–H and O–H groups in total. The summed E-state index contributed by atoms with van der Waals surface area (Å²) in [5.41, 5.74) is -0.611.